The number of hydrogen-bond donors (Lipinski definition) is 1. The second kappa shape index (κ2) is 4.98. The highest BCUT2D eigenvalue weighted by atomic mass is 16.6. The summed E-state index contributed by atoms with van der Waals surface area (Å²) < 4.78 is 10.6. The Kier molecular flexibility index (Phi) is 3.57. The summed E-state index contributed by atoms with van der Waals surface area (Å²) in [5, 5.41) is 9.07. The smallest absolute Gasteiger partial charge is 0.309 e. The average Bonchev–Trinajstić information content (AvgIpc) is 3.11. The van der Waals surface area contributed by atoms with Crippen LogP contribution in [0.1, 0.15) is 19.4 Å². The van der Waals surface area contributed by atoms with E-state index in [1.54, 1.807) is 13.8 Å². The molecule has 98 valence electrons. The number of hydrogen-bond acceptors (Lipinski definition) is 3. The normalized spacial score (nSPS) is 18.4. The summed E-state index contributed by atoms with van der Waals surface area (Å²) in [5.41, 5.74) is 0.252. The lowest BCUT2D eigenvalue weighted by molar-refractivity contribution is -0.146. The van der Waals surface area contributed by atoms with Gasteiger partial charge in [-0.2, -0.15) is 0 Å². The first-order valence-corrected chi connectivity index (χ1v) is 6.04. The van der Waals surface area contributed by atoms with Gasteiger partial charge >= 0.3 is 5.97 Å². The predicted molar refractivity (Wildman–Crippen MR) is 66.8 cm³/mol. The molecule has 1 aliphatic rings. The molecule has 0 aliphatic carbocycles. The third kappa shape index (κ3) is 3.47. The van der Waals surface area contributed by atoms with E-state index in [2.05, 4.69) is 0 Å². The molecule has 18 heavy (non-hydrogen) atoms. The van der Waals surface area contributed by atoms with Crippen molar-refractivity contribution < 1.29 is 19.4 Å². The third-order valence-corrected chi connectivity index (χ3v) is 2.99. The van der Waals surface area contributed by atoms with Gasteiger partial charge in [-0.3, -0.25) is 4.79 Å². The zero-order valence-electron chi connectivity index (χ0n) is 10.7. The van der Waals surface area contributed by atoms with E-state index in [0.717, 1.165) is 17.9 Å². The van der Waals surface area contributed by atoms with Crippen LogP contribution in [0.4, 0.5) is 0 Å². The molecule has 4 heteroatoms. The van der Waals surface area contributed by atoms with E-state index in [1.165, 1.54) is 0 Å². The van der Waals surface area contributed by atoms with Gasteiger partial charge in [0, 0.05) is 0 Å². The molecule has 1 aromatic rings. The number of benzene rings is 1. The first kappa shape index (κ1) is 12.9. The van der Waals surface area contributed by atoms with Crippen molar-refractivity contribution in [2.45, 2.75) is 26.4 Å². The van der Waals surface area contributed by atoms with Gasteiger partial charge in [-0.1, -0.05) is 12.1 Å². The molecule has 1 unspecified atom stereocenters. The minimum atomic E-state index is -0.784. The standard InChI is InChI=1S/C14H18O4/c1-14(2,13(15)16)7-10-3-5-11(6-4-10)17-8-12-9-18-12/h3-6,12H,7-9H2,1-2H3,(H,15,16). The van der Waals surface area contributed by atoms with E-state index in [9.17, 15) is 4.79 Å². The minimum absolute atomic E-state index is 0.246. The summed E-state index contributed by atoms with van der Waals surface area (Å²) in [4.78, 5) is 11.0. The molecule has 4 nitrogen and oxygen atoms in total. The number of aliphatic carboxylic acids is 1. The summed E-state index contributed by atoms with van der Waals surface area (Å²) in [6, 6.07) is 7.56. The lowest BCUT2D eigenvalue weighted by atomic mass is 9.86. The van der Waals surface area contributed by atoms with Gasteiger partial charge in [0.1, 0.15) is 18.5 Å². The molecule has 1 saturated heterocycles. The second-order valence-electron chi connectivity index (χ2n) is 5.28. The van der Waals surface area contributed by atoms with Gasteiger partial charge in [-0.25, -0.2) is 0 Å². The van der Waals surface area contributed by atoms with Gasteiger partial charge in [-0.15, -0.1) is 0 Å². The summed E-state index contributed by atoms with van der Waals surface area (Å²) in [7, 11) is 0. The highest BCUT2D eigenvalue weighted by molar-refractivity contribution is 5.74. The van der Waals surface area contributed by atoms with Crippen molar-refractivity contribution in [1.29, 1.82) is 0 Å². The Morgan fingerprint density at radius 2 is 2.06 bits per heavy atom. The van der Waals surface area contributed by atoms with Crippen molar-refractivity contribution in [3.8, 4) is 5.75 Å². The highest BCUT2D eigenvalue weighted by Crippen LogP contribution is 2.23. The van der Waals surface area contributed by atoms with Gasteiger partial charge in [0.05, 0.1) is 12.0 Å². The molecule has 1 aliphatic heterocycles. The van der Waals surface area contributed by atoms with Crippen LogP contribution in [-0.4, -0.2) is 30.4 Å². The maximum atomic E-state index is 11.0. The molecule has 0 radical (unpaired) electrons. The fourth-order valence-electron chi connectivity index (χ4n) is 1.64. The van der Waals surface area contributed by atoms with E-state index in [0.29, 0.717) is 13.0 Å². The minimum Gasteiger partial charge on any atom is -0.491 e. The molecular formula is C14H18O4. The molecule has 1 N–H and O–H groups in total. The molecule has 0 spiro atoms. The van der Waals surface area contributed by atoms with E-state index in [-0.39, 0.29) is 6.10 Å². The van der Waals surface area contributed by atoms with Gasteiger partial charge in [0.15, 0.2) is 0 Å². The van der Waals surface area contributed by atoms with Gasteiger partial charge < -0.3 is 14.6 Å². The SMILES string of the molecule is CC(C)(Cc1ccc(OCC2CO2)cc1)C(=O)O. The topological polar surface area (TPSA) is 59.1 Å². The van der Waals surface area contributed by atoms with Crippen molar-refractivity contribution in [2.24, 2.45) is 5.41 Å². The Morgan fingerprint density at radius 1 is 1.44 bits per heavy atom. The largest absolute Gasteiger partial charge is 0.491 e. The van der Waals surface area contributed by atoms with Crippen molar-refractivity contribution in [3.63, 3.8) is 0 Å². The maximum absolute atomic E-state index is 11.0. The van der Waals surface area contributed by atoms with Crippen LogP contribution in [0.3, 0.4) is 0 Å². The summed E-state index contributed by atoms with van der Waals surface area (Å²) >= 11 is 0. The molecule has 0 saturated carbocycles. The molecular weight excluding hydrogens is 232 g/mol. The molecule has 1 heterocycles. The van der Waals surface area contributed by atoms with Crippen LogP contribution < -0.4 is 4.74 Å². The fourth-order valence-corrected chi connectivity index (χ4v) is 1.64. The average molecular weight is 250 g/mol. The van der Waals surface area contributed by atoms with Crippen molar-refractivity contribution in [2.75, 3.05) is 13.2 Å². The molecule has 0 amide bonds. The first-order valence-electron chi connectivity index (χ1n) is 6.04. The molecule has 1 aromatic carbocycles. The van der Waals surface area contributed by atoms with E-state index >= 15 is 0 Å². The number of carboxylic acid groups (broad SMARTS) is 1. The zero-order chi connectivity index (χ0) is 13.2. The van der Waals surface area contributed by atoms with E-state index in [4.69, 9.17) is 14.6 Å². The maximum Gasteiger partial charge on any atom is 0.309 e. The third-order valence-electron chi connectivity index (χ3n) is 2.99. The number of carbonyl (C=O) groups is 1. The summed E-state index contributed by atoms with van der Waals surface area (Å²) in [6.45, 7) is 4.82. The Bertz CT molecular complexity index is 418. The number of ether oxygens (including phenoxy) is 2. The molecule has 1 fully saturated rings. The highest BCUT2D eigenvalue weighted by Gasteiger charge is 2.27. The number of carboxylic acids is 1. The number of epoxide rings is 1. The monoisotopic (exact) mass is 250 g/mol. The van der Waals surface area contributed by atoms with Crippen LogP contribution in [0.15, 0.2) is 24.3 Å². The van der Waals surface area contributed by atoms with Crippen molar-refractivity contribution in [1.82, 2.24) is 0 Å². The lowest BCUT2D eigenvalue weighted by Crippen LogP contribution is -2.26. The Morgan fingerprint density at radius 3 is 2.56 bits per heavy atom. The molecule has 1 atom stereocenters. The quantitative estimate of drug-likeness (QED) is 0.786. The lowest BCUT2D eigenvalue weighted by Gasteiger charge is -2.19. The van der Waals surface area contributed by atoms with Gasteiger partial charge in [0.2, 0.25) is 0 Å². The Hall–Kier alpha value is -1.55. The summed E-state index contributed by atoms with van der Waals surface area (Å²) in [6.07, 6.45) is 0.754. The molecule has 2 rings (SSSR count). The fraction of sp³-hybridized carbons (Fsp3) is 0.500. The van der Waals surface area contributed by atoms with Crippen LogP contribution in [0.2, 0.25) is 0 Å². The zero-order valence-corrected chi connectivity index (χ0v) is 10.7. The molecule has 0 bridgehead atoms. The summed E-state index contributed by atoms with van der Waals surface area (Å²) in [5.74, 6) is 0.0103. The van der Waals surface area contributed by atoms with E-state index in [1.807, 2.05) is 24.3 Å². The van der Waals surface area contributed by atoms with Gasteiger partial charge in [0.25, 0.3) is 0 Å². The van der Waals surface area contributed by atoms with Crippen molar-refractivity contribution in [3.05, 3.63) is 29.8 Å². The van der Waals surface area contributed by atoms with Crippen molar-refractivity contribution >= 4 is 5.97 Å². The van der Waals surface area contributed by atoms with Crippen LogP contribution in [-0.2, 0) is 16.0 Å². The van der Waals surface area contributed by atoms with E-state index < -0.39 is 11.4 Å². The number of rotatable bonds is 6. The Balaban J connectivity index is 1.92. The van der Waals surface area contributed by atoms with Crippen LogP contribution in [0, 0.1) is 5.41 Å². The second-order valence-corrected chi connectivity index (χ2v) is 5.28. The van der Waals surface area contributed by atoms with Crippen LogP contribution in [0.25, 0.3) is 0 Å². The molecule has 0 aromatic heterocycles. The first-order chi connectivity index (χ1) is 8.47. The van der Waals surface area contributed by atoms with Crippen LogP contribution in [0.5, 0.6) is 5.75 Å². The van der Waals surface area contributed by atoms with Gasteiger partial charge in [-0.05, 0) is 38.0 Å². The van der Waals surface area contributed by atoms with Crippen LogP contribution >= 0.6 is 0 Å². The predicted octanol–water partition coefficient (Wildman–Crippen LogP) is 2.12. The Labute approximate surface area is 107 Å².